The lowest BCUT2D eigenvalue weighted by Crippen LogP contribution is -1.98. The summed E-state index contributed by atoms with van der Waals surface area (Å²) in [5, 5.41) is 2.66. The average molecular weight is 335 g/mol. The van der Waals surface area contributed by atoms with E-state index in [9.17, 15) is 0 Å². The zero-order chi connectivity index (χ0) is 14.4. The van der Waals surface area contributed by atoms with Gasteiger partial charge in [0.15, 0.2) is 0 Å². The van der Waals surface area contributed by atoms with Crippen LogP contribution in [-0.4, -0.2) is 0 Å². The van der Waals surface area contributed by atoms with Crippen LogP contribution in [0.1, 0.15) is 28.2 Å². The first-order valence-corrected chi connectivity index (χ1v) is 8.00. The van der Waals surface area contributed by atoms with Gasteiger partial charge in [-0.1, -0.05) is 76.6 Å². The summed E-state index contributed by atoms with van der Waals surface area (Å²) in [5.74, 6) is 0.359. The molecule has 1 unspecified atom stereocenters. The Labute approximate surface area is 133 Å². The predicted molar refractivity (Wildman–Crippen MR) is 93.7 cm³/mol. The molecule has 1 heteroatoms. The second kappa shape index (κ2) is 4.85. The summed E-state index contributed by atoms with van der Waals surface area (Å²) in [6, 6.07) is 19.7. The third-order valence-corrected chi connectivity index (χ3v) is 5.29. The minimum Gasteiger partial charge on any atom is -0.0720 e. The van der Waals surface area contributed by atoms with Gasteiger partial charge in [0.05, 0.1) is 0 Å². The maximum atomic E-state index is 3.63. The molecule has 0 amide bonds. The number of hydrogen-bond acceptors (Lipinski definition) is 0. The summed E-state index contributed by atoms with van der Waals surface area (Å²) in [6.45, 7) is 2.18. The van der Waals surface area contributed by atoms with Crippen LogP contribution in [0.15, 0.2) is 65.1 Å². The molecule has 102 valence electrons. The minimum atomic E-state index is 0.359. The Bertz CT molecular complexity index is 869. The molecule has 1 aliphatic carbocycles. The lowest BCUT2D eigenvalue weighted by atomic mass is 9.88. The van der Waals surface area contributed by atoms with Gasteiger partial charge in [0.1, 0.15) is 0 Å². The van der Waals surface area contributed by atoms with E-state index in [2.05, 4.69) is 89.6 Å². The van der Waals surface area contributed by atoms with Gasteiger partial charge in [0.25, 0.3) is 0 Å². The van der Waals surface area contributed by atoms with Crippen molar-refractivity contribution in [2.75, 3.05) is 0 Å². The Morgan fingerprint density at radius 3 is 2.57 bits per heavy atom. The Hall–Kier alpha value is -1.86. The van der Waals surface area contributed by atoms with Crippen LogP contribution in [0.5, 0.6) is 0 Å². The summed E-state index contributed by atoms with van der Waals surface area (Å²) in [5.41, 5.74) is 5.49. The smallest absolute Gasteiger partial charge is 0.0285 e. The molecule has 4 rings (SSSR count). The van der Waals surface area contributed by atoms with Gasteiger partial charge in [0.2, 0.25) is 0 Å². The van der Waals surface area contributed by atoms with Crippen molar-refractivity contribution in [2.24, 2.45) is 0 Å². The lowest BCUT2D eigenvalue weighted by molar-refractivity contribution is 1.06. The molecular formula is C20H15Br. The zero-order valence-corrected chi connectivity index (χ0v) is 13.4. The van der Waals surface area contributed by atoms with E-state index in [0.717, 1.165) is 0 Å². The molecule has 0 fully saturated rings. The molecule has 0 heterocycles. The fraction of sp³-hybridized carbons (Fsp3) is 0.100. The maximum absolute atomic E-state index is 3.63. The van der Waals surface area contributed by atoms with Crippen molar-refractivity contribution in [1.82, 2.24) is 0 Å². The van der Waals surface area contributed by atoms with Crippen molar-refractivity contribution in [2.45, 2.75) is 12.8 Å². The highest BCUT2D eigenvalue weighted by Gasteiger charge is 2.22. The van der Waals surface area contributed by atoms with E-state index in [4.69, 9.17) is 0 Å². The molecule has 0 N–H and O–H groups in total. The van der Waals surface area contributed by atoms with Gasteiger partial charge in [0, 0.05) is 10.4 Å². The monoisotopic (exact) mass is 334 g/mol. The van der Waals surface area contributed by atoms with Gasteiger partial charge in [-0.15, -0.1) is 0 Å². The molecule has 1 aliphatic rings. The molecule has 0 aliphatic heterocycles. The normalized spacial score (nSPS) is 16.4. The van der Waals surface area contributed by atoms with Crippen LogP contribution < -0.4 is 0 Å². The van der Waals surface area contributed by atoms with Gasteiger partial charge < -0.3 is 0 Å². The standard InChI is InChI=1S/C20H15Br/c1-13-15-9-10-19(18(15)11-12-20(13)21)17-8-4-6-14-5-2-3-7-16(14)17/h2-12,19H,1H3. The van der Waals surface area contributed by atoms with Crippen LogP contribution in [0.2, 0.25) is 0 Å². The van der Waals surface area contributed by atoms with Crippen molar-refractivity contribution in [3.8, 4) is 0 Å². The first-order chi connectivity index (χ1) is 10.3. The third kappa shape index (κ3) is 1.96. The second-order valence-electron chi connectivity index (χ2n) is 5.58. The molecule has 3 aromatic carbocycles. The van der Waals surface area contributed by atoms with Crippen molar-refractivity contribution >= 4 is 32.8 Å². The van der Waals surface area contributed by atoms with E-state index in [1.807, 2.05) is 0 Å². The molecule has 3 aromatic rings. The molecule has 0 saturated carbocycles. The zero-order valence-electron chi connectivity index (χ0n) is 11.8. The van der Waals surface area contributed by atoms with Gasteiger partial charge in [-0.3, -0.25) is 0 Å². The molecular weight excluding hydrogens is 320 g/mol. The van der Waals surface area contributed by atoms with E-state index in [1.54, 1.807) is 0 Å². The van der Waals surface area contributed by atoms with Gasteiger partial charge in [-0.2, -0.15) is 0 Å². The summed E-state index contributed by atoms with van der Waals surface area (Å²) < 4.78 is 1.18. The summed E-state index contributed by atoms with van der Waals surface area (Å²) in [4.78, 5) is 0. The van der Waals surface area contributed by atoms with Crippen LogP contribution in [0.3, 0.4) is 0 Å². The third-order valence-electron chi connectivity index (χ3n) is 4.43. The van der Waals surface area contributed by atoms with Crippen molar-refractivity contribution in [3.63, 3.8) is 0 Å². The van der Waals surface area contributed by atoms with E-state index < -0.39 is 0 Å². The number of allylic oxidation sites excluding steroid dienone is 1. The largest absolute Gasteiger partial charge is 0.0720 e. The minimum absolute atomic E-state index is 0.359. The number of rotatable bonds is 1. The number of halogens is 1. The quantitative estimate of drug-likeness (QED) is 0.506. The van der Waals surface area contributed by atoms with Crippen LogP contribution in [0.4, 0.5) is 0 Å². The van der Waals surface area contributed by atoms with Crippen molar-refractivity contribution in [1.29, 1.82) is 0 Å². The summed E-state index contributed by atoms with van der Waals surface area (Å²) in [7, 11) is 0. The average Bonchev–Trinajstić information content (AvgIpc) is 2.95. The first-order valence-electron chi connectivity index (χ1n) is 7.20. The molecule has 0 bridgehead atoms. The maximum Gasteiger partial charge on any atom is 0.0285 e. The van der Waals surface area contributed by atoms with Crippen LogP contribution in [-0.2, 0) is 0 Å². The molecule has 0 spiro atoms. The summed E-state index contributed by atoms with van der Waals surface area (Å²) >= 11 is 3.63. The second-order valence-corrected chi connectivity index (χ2v) is 6.43. The van der Waals surface area contributed by atoms with E-state index >= 15 is 0 Å². The Morgan fingerprint density at radius 2 is 1.67 bits per heavy atom. The fourth-order valence-electron chi connectivity index (χ4n) is 3.30. The number of hydrogen-bond donors (Lipinski definition) is 0. The number of benzene rings is 3. The topological polar surface area (TPSA) is 0 Å². The Morgan fingerprint density at radius 1 is 0.857 bits per heavy atom. The predicted octanol–water partition coefficient (Wildman–Crippen LogP) is 6.07. The van der Waals surface area contributed by atoms with Gasteiger partial charge in [-0.25, -0.2) is 0 Å². The molecule has 0 saturated heterocycles. The molecule has 0 radical (unpaired) electrons. The van der Waals surface area contributed by atoms with Crippen LogP contribution in [0.25, 0.3) is 16.8 Å². The van der Waals surface area contributed by atoms with Crippen molar-refractivity contribution < 1.29 is 0 Å². The van der Waals surface area contributed by atoms with E-state index in [0.29, 0.717) is 5.92 Å². The highest BCUT2D eigenvalue weighted by molar-refractivity contribution is 9.10. The molecule has 1 atom stereocenters. The van der Waals surface area contributed by atoms with E-state index in [-0.39, 0.29) is 0 Å². The van der Waals surface area contributed by atoms with Gasteiger partial charge in [-0.05, 0) is 46.0 Å². The Balaban J connectivity index is 1.94. The highest BCUT2D eigenvalue weighted by atomic mass is 79.9. The first kappa shape index (κ1) is 12.8. The molecule has 0 nitrogen and oxygen atoms in total. The van der Waals surface area contributed by atoms with Crippen molar-refractivity contribution in [3.05, 3.63) is 87.4 Å². The van der Waals surface area contributed by atoms with Crippen LogP contribution in [0, 0.1) is 6.92 Å². The Kier molecular flexibility index (Phi) is 2.97. The highest BCUT2D eigenvalue weighted by Crippen LogP contribution is 2.41. The lowest BCUT2D eigenvalue weighted by Gasteiger charge is -2.16. The SMILES string of the molecule is Cc1c(Br)ccc2c1C=CC2c1cccc2ccccc12. The molecule has 21 heavy (non-hydrogen) atoms. The fourth-order valence-corrected chi connectivity index (χ4v) is 3.65. The van der Waals surface area contributed by atoms with Crippen LogP contribution >= 0.6 is 15.9 Å². The van der Waals surface area contributed by atoms with Gasteiger partial charge >= 0.3 is 0 Å². The molecule has 0 aromatic heterocycles. The number of fused-ring (bicyclic) bond motifs is 2. The summed E-state index contributed by atoms with van der Waals surface area (Å²) in [6.07, 6.45) is 4.59. The van der Waals surface area contributed by atoms with E-state index in [1.165, 1.54) is 37.5 Å².